The number of likely N-dealkylation sites (N-methyl/N-ethyl adjacent to an activating group) is 2. The second-order valence-corrected chi connectivity index (χ2v) is 24.0. The van der Waals surface area contributed by atoms with Crippen LogP contribution >= 0.6 is 23.2 Å². The van der Waals surface area contributed by atoms with E-state index in [0.717, 1.165) is 69.2 Å². The van der Waals surface area contributed by atoms with Crippen LogP contribution < -0.4 is 49.5 Å². The molecule has 9 N–H and O–H groups in total. The van der Waals surface area contributed by atoms with Gasteiger partial charge in [-0.2, -0.15) is 0 Å². The van der Waals surface area contributed by atoms with Gasteiger partial charge in [0, 0.05) is 105 Å². The second kappa shape index (κ2) is 68.2. The Morgan fingerprint density at radius 1 is 0.382 bits per heavy atom. The van der Waals surface area contributed by atoms with Crippen molar-refractivity contribution in [3.63, 3.8) is 0 Å². The highest BCUT2D eigenvalue weighted by Gasteiger charge is 2.02. The Morgan fingerprint density at radius 2 is 0.591 bits per heavy atom. The molecule has 0 aliphatic rings. The third-order valence-corrected chi connectivity index (χ3v) is 13.9. The molecule has 0 fully saturated rings. The van der Waals surface area contributed by atoms with Crippen LogP contribution in [0.2, 0.25) is 0 Å². The number of carbonyl (C=O) groups is 1. The number of benzene rings is 5. The van der Waals surface area contributed by atoms with E-state index in [1.54, 1.807) is 67.3 Å². The number of hydrogen-bond acceptors (Lipinski definition) is 17. The predicted molar refractivity (Wildman–Crippen MR) is 447 cm³/mol. The largest absolute Gasteiger partial charge is 0.395 e. The number of aromatic nitrogens is 5. The maximum Gasteiger partial charge on any atom is 0.250 e. The van der Waals surface area contributed by atoms with Crippen molar-refractivity contribution in [2.75, 3.05) is 113 Å². The van der Waals surface area contributed by atoms with Crippen molar-refractivity contribution in [2.45, 2.75) is 74.3 Å². The molecule has 110 heavy (non-hydrogen) atoms. The smallest absolute Gasteiger partial charge is 0.250 e. The lowest BCUT2D eigenvalue weighted by Gasteiger charge is -2.06. The molecule has 0 bridgehead atoms. The highest BCUT2D eigenvalue weighted by molar-refractivity contribution is 6.18. The number of alkyl halides is 2. The lowest BCUT2D eigenvalue weighted by atomic mass is 10.2. The predicted octanol–water partition coefficient (Wildman–Crippen LogP) is 9.11. The van der Waals surface area contributed by atoms with Gasteiger partial charge >= 0.3 is 0 Å². The first-order valence-electron chi connectivity index (χ1n) is 35.3. The van der Waals surface area contributed by atoms with Crippen molar-refractivity contribution >= 4 is 29.1 Å². The number of aliphatic hydroxyl groups is 4. The first-order valence-corrected chi connectivity index (χ1v) is 36.4. The summed E-state index contributed by atoms with van der Waals surface area (Å²) in [7, 11) is 7.65. The Labute approximate surface area is 657 Å². The van der Waals surface area contributed by atoms with Gasteiger partial charge in [-0.05, 0) is 111 Å². The van der Waals surface area contributed by atoms with Gasteiger partial charge in [-0.25, -0.2) is 0 Å². The number of rotatable bonds is 22. The summed E-state index contributed by atoms with van der Waals surface area (Å²) in [4.78, 5) is 75.7. The number of amides is 1. The molecule has 10 rings (SSSR count). The van der Waals surface area contributed by atoms with E-state index in [4.69, 9.17) is 63.2 Å². The van der Waals surface area contributed by atoms with Gasteiger partial charge in [-0.1, -0.05) is 182 Å². The molecule has 0 saturated carbocycles. The Balaban J connectivity index is 0. The van der Waals surface area contributed by atoms with Crippen LogP contribution in [0.15, 0.2) is 267 Å². The number of nitrogens with zero attached hydrogens (tertiary/aromatic N) is 6. The van der Waals surface area contributed by atoms with Crippen LogP contribution in [0.4, 0.5) is 0 Å². The zero-order chi connectivity index (χ0) is 82.5. The number of ether oxygens (including phenoxy) is 2. The standard InChI is InChI=1S/5C13H13NO.C5H13NO2.C4H9ClO2.C3H9NO.C3H7NO.C2H5ClO.CH3NO2.CH5N/c5*1-11-7-8-13(15)14(9-11)10-12-5-3-2-4-6-12;1-6-2-4-8-5-3-7;5-1-3-7-4-2-6;1-4-2-3-5;1-3(5)4-2;3-1-2-4;1-2(3)4;1-2/h5*2-9H,10H2,1H3;6-7H,2-5H2,1H3;6H,1-4H2;4-5H,2-3H2,1H3;1-2H3,(H,4,5);4H,1-2H2;1H3;2H2,1H3. The van der Waals surface area contributed by atoms with E-state index in [9.17, 15) is 28.8 Å². The van der Waals surface area contributed by atoms with Crippen LogP contribution in [0.3, 0.4) is 0 Å². The van der Waals surface area contributed by atoms with Gasteiger partial charge in [-0.15, -0.1) is 23.2 Å². The number of halogens is 2. The Morgan fingerprint density at radius 3 is 0.745 bits per heavy atom. The first kappa shape index (κ1) is 102. The van der Waals surface area contributed by atoms with Crippen LogP contribution in [-0.4, -0.2) is 167 Å². The van der Waals surface area contributed by atoms with Crippen LogP contribution in [0.5, 0.6) is 0 Å². The summed E-state index contributed by atoms with van der Waals surface area (Å²) >= 11 is 10.2. The van der Waals surface area contributed by atoms with Gasteiger partial charge in [0.2, 0.25) is 5.91 Å². The van der Waals surface area contributed by atoms with Crippen molar-refractivity contribution in [1.82, 2.24) is 38.8 Å². The molecule has 5 aromatic heterocycles. The SMILES string of the molecule is CN.CNC(C)=O.CNCCO.CNCCOCCO.C[N+](=O)[O-].Cc1ccc(=O)n(Cc2ccccc2)c1.Cc1ccc(=O)n(Cc2ccccc2)c1.Cc1ccc(=O)n(Cc2ccccc2)c1.Cc1ccc(=O)n(Cc2ccccc2)c1.Cc1ccc(=O)n(Cc2ccccc2)c1.OCCCl.OCCOCCCl. The van der Waals surface area contributed by atoms with Gasteiger partial charge in [0.1, 0.15) is 0 Å². The Hall–Kier alpha value is -10.1. The molecule has 600 valence electrons. The van der Waals surface area contributed by atoms with Crippen molar-refractivity contribution in [3.05, 3.63) is 361 Å². The fourth-order valence-electron chi connectivity index (χ4n) is 8.45. The summed E-state index contributed by atoms with van der Waals surface area (Å²) in [6.07, 6.45) is 9.42. The van der Waals surface area contributed by atoms with E-state index >= 15 is 0 Å². The van der Waals surface area contributed by atoms with Gasteiger partial charge in [0.25, 0.3) is 27.8 Å². The minimum Gasteiger partial charge on any atom is -0.395 e. The molecule has 10 aromatic rings. The molecule has 0 aliphatic heterocycles. The lowest BCUT2D eigenvalue weighted by Crippen LogP contribution is -2.19. The average molecular weight is 1560 g/mol. The van der Waals surface area contributed by atoms with Crippen molar-refractivity contribution < 1.29 is 39.6 Å². The topological polar surface area (TPSA) is 332 Å². The second-order valence-electron chi connectivity index (χ2n) is 23.2. The molecule has 24 nitrogen and oxygen atoms in total. The van der Waals surface area contributed by atoms with Gasteiger partial charge in [0.05, 0.1) is 85.6 Å². The van der Waals surface area contributed by atoms with Gasteiger partial charge < -0.3 is 74.4 Å². The molecule has 5 aromatic carbocycles. The van der Waals surface area contributed by atoms with E-state index in [1.165, 1.54) is 14.0 Å². The number of aliphatic hydroxyl groups excluding tert-OH is 4. The molecule has 0 atom stereocenters. The van der Waals surface area contributed by atoms with Crippen LogP contribution in [-0.2, 0) is 47.0 Å². The molecule has 0 saturated heterocycles. The van der Waals surface area contributed by atoms with E-state index in [-0.39, 0.29) is 60.1 Å². The van der Waals surface area contributed by atoms with Crippen molar-refractivity contribution in [1.29, 1.82) is 0 Å². The fourth-order valence-corrected chi connectivity index (χ4v) is 8.56. The zero-order valence-corrected chi connectivity index (χ0v) is 67.0. The number of carbonyl (C=O) groups excluding carboxylic acids is 1. The summed E-state index contributed by atoms with van der Waals surface area (Å²) in [5, 5.41) is 49.0. The maximum atomic E-state index is 11.5. The molecule has 0 spiro atoms. The van der Waals surface area contributed by atoms with Crippen molar-refractivity contribution in [2.24, 2.45) is 5.73 Å². The quantitative estimate of drug-likeness (QED) is 0.0136. The number of nitro groups is 1. The number of hydrogen-bond donors (Lipinski definition) is 8. The zero-order valence-electron chi connectivity index (χ0n) is 65.5. The molecule has 5 heterocycles. The summed E-state index contributed by atoms with van der Waals surface area (Å²) in [6.45, 7) is 18.7. The fraction of sp³-hybridized carbons (Fsp3) is 0.333. The average Bonchev–Trinajstić information content (AvgIpc) is 0.896. The van der Waals surface area contributed by atoms with Crippen LogP contribution in [0, 0.1) is 44.7 Å². The maximum absolute atomic E-state index is 11.5. The van der Waals surface area contributed by atoms with Crippen LogP contribution in [0.25, 0.3) is 0 Å². The molecule has 1 amide bonds. The molecule has 0 aliphatic carbocycles. The van der Waals surface area contributed by atoms with Crippen molar-refractivity contribution in [3.8, 4) is 0 Å². The minimum absolute atomic E-state index is 0.00463. The minimum atomic E-state index is -0.500. The summed E-state index contributed by atoms with van der Waals surface area (Å²) in [6, 6.07) is 67.2. The first-order chi connectivity index (χ1) is 52.9. The normalized spacial score (nSPS) is 9.51. The molecular formula is C84H116Cl2N10O14. The lowest BCUT2D eigenvalue weighted by molar-refractivity contribution is -0.445. The monoisotopic (exact) mass is 1560 g/mol. The van der Waals surface area contributed by atoms with Gasteiger partial charge in [0.15, 0.2) is 7.05 Å². The third kappa shape index (κ3) is 55.4. The summed E-state index contributed by atoms with van der Waals surface area (Å²) in [5.74, 6) is 0.852. The van der Waals surface area contributed by atoms with E-state index in [2.05, 4.69) is 21.7 Å². The Kier molecular flexibility index (Phi) is 63.3. The molecule has 0 radical (unpaired) electrons. The Bertz CT molecular complexity index is 3650. The highest BCUT2D eigenvalue weighted by Crippen LogP contribution is 2.07. The number of pyridine rings is 5. The number of nitrogens with one attached hydrogen (secondary N) is 3. The molecule has 26 heteroatoms. The molecular weight excluding hydrogens is 1440 g/mol. The van der Waals surface area contributed by atoms with E-state index in [0.29, 0.717) is 77.5 Å². The van der Waals surface area contributed by atoms with E-state index in [1.807, 2.05) is 255 Å². The number of nitrogens with two attached hydrogens (primary N) is 1. The van der Waals surface area contributed by atoms with Crippen LogP contribution in [0.1, 0.15) is 62.6 Å². The van der Waals surface area contributed by atoms with E-state index < -0.39 is 4.92 Å². The third-order valence-electron chi connectivity index (χ3n) is 13.6. The highest BCUT2D eigenvalue weighted by atomic mass is 35.5. The summed E-state index contributed by atoms with van der Waals surface area (Å²) < 4.78 is 18.3. The molecule has 0 unspecified atom stereocenters. The van der Waals surface area contributed by atoms with Gasteiger partial charge in [-0.3, -0.25) is 38.9 Å². The summed E-state index contributed by atoms with van der Waals surface area (Å²) in [5.41, 5.74) is 16.0. The number of aryl methyl sites for hydroxylation is 5.